The zero-order chi connectivity index (χ0) is 24.4. The second-order valence-corrected chi connectivity index (χ2v) is 9.99. The van der Waals surface area contributed by atoms with E-state index in [9.17, 15) is 9.59 Å². The number of nitrogens with one attached hydrogen (secondary N) is 2. The van der Waals surface area contributed by atoms with Gasteiger partial charge in [0.25, 0.3) is 5.91 Å². The molecule has 2 aliphatic rings. The Hall–Kier alpha value is -3.03. The first-order chi connectivity index (χ1) is 15.4. The number of nitrogens with zero attached hydrogens (tertiary/aromatic N) is 1. The Labute approximate surface area is 195 Å². The number of Topliss-reactive ketones (excluding diaryl/α,β-unsaturated/α-hetero) is 1. The van der Waals surface area contributed by atoms with Crippen molar-refractivity contribution in [2.24, 2.45) is 0 Å². The summed E-state index contributed by atoms with van der Waals surface area (Å²) in [5, 5.41) is 11.3. The van der Waals surface area contributed by atoms with Gasteiger partial charge < -0.3 is 24.4 Å². The summed E-state index contributed by atoms with van der Waals surface area (Å²) in [7, 11) is 1.55. The van der Waals surface area contributed by atoms with E-state index in [-0.39, 0.29) is 41.2 Å². The zero-order valence-electron chi connectivity index (χ0n) is 20.4. The maximum atomic E-state index is 13.1. The summed E-state index contributed by atoms with van der Waals surface area (Å²) in [6.45, 7) is 10.8. The van der Waals surface area contributed by atoms with Crippen molar-refractivity contribution in [2.75, 3.05) is 20.2 Å². The minimum atomic E-state index is -0.684. The number of rotatable bonds is 5. The predicted molar refractivity (Wildman–Crippen MR) is 126 cm³/mol. The highest BCUT2D eigenvalue weighted by Gasteiger charge is 2.45. The van der Waals surface area contributed by atoms with Crippen molar-refractivity contribution in [2.45, 2.75) is 71.1 Å². The van der Waals surface area contributed by atoms with Gasteiger partial charge in [0, 0.05) is 43.2 Å². The molecule has 0 radical (unpaired) electrons. The molecule has 0 atom stereocenters. The van der Waals surface area contributed by atoms with Crippen LogP contribution in [0, 0.1) is 5.41 Å². The molecule has 1 spiro atoms. The fraction of sp³-hybridized carbons (Fsp3) is 0.560. The average molecular weight is 458 g/mol. The Balaban J connectivity index is 1.70. The molecule has 1 aromatic carbocycles. The van der Waals surface area contributed by atoms with E-state index in [4.69, 9.17) is 19.6 Å². The SMILES string of the molecule is COc1cc(C(=O)N2CCC3(CC2)CC(=O)C(=N)/C(=C\NC(C)(C)C)O3)ccc1OC(C)C. The zero-order valence-corrected chi connectivity index (χ0v) is 20.4. The third kappa shape index (κ3) is 5.86. The molecule has 0 bridgehead atoms. The largest absolute Gasteiger partial charge is 0.493 e. The minimum Gasteiger partial charge on any atom is -0.493 e. The highest BCUT2D eigenvalue weighted by Crippen LogP contribution is 2.37. The third-order valence-electron chi connectivity index (χ3n) is 5.71. The molecule has 0 aliphatic carbocycles. The number of benzene rings is 1. The van der Waals surface area contributed by atoms with Crippen LogP contribution in [0.4, 0.5) is 0 Å². The Morgan fingerprint density at radius 3 is 2.48 bits per heavy atom. The number of carbonyl (C=O) groups excluding carboxylic acids is 2. The van der Waals surface area contributed by atoms with E-state index in [1.54, 1.807) is 36.4 Å². The number of hydrogen-bond acceptors (Lipinski definition) is 7. The van der Waals surface area contributed by atoms with Crippen molar-refractivity contribution in [3.05, 3.63) is 35.7 Å². The minimum absolute atomic E-state index is 0.00374. The van der Waals surface area contributed by atoms with E-state index in [1.807, 2.05) is 34.6 Å². The fourth-order valence-corrected chi connectivity index (χ4v) is 3.95. The van der Waals surface area contributed by atoms with Gasteiger partial charge in [0.1, 0.15) is 11.3 Å². The molecule has 180 valence electrons. The average Bonchev–Trinajstić information content (AvgIpc) is 2.75. The van der Waals surface area contributed by atoms with Gasteiger partial charge in [-0.2, -0.15) is 0 Å². The fourth-order valence-electron chi connectivity index (χ4n) is 3.95. The van der Waals surface area contributed by atoms with E-state index < -0.39 is 5.60 Å². The van der Waals surface area contributed by atoms with Crippen molar-refractivity contribution in [1.82, 2.24) is 10.2 Å². The van der Waals surface area contributed by atoms with E-state index in [2.05, 4.69) is 5.32 Å². The molecule has 2 N–H and O–H groups in total. The molecular weight excluding hydrogens is 422 g/mol. The van der Waals surface area contributed by atoms with Crippen LogP contribution in [0.25, 0.3) is 0 Å². The molecule has 0 saturated carbocycles. The van der Waals surface area contributed by atoms with Gasteiger partial charge >= 0.3 is 0 Å². The highest BCUT2D eigenvalue weighted by atomic mass is 16.5. The summed E-state index contributed by atoms with van der Waals surface area (Å²) >= 11 is 0. The smallest absolute Gasteiger partial charge is 0.253 e. The van der Waals surface area contributed by atoms with Crippen molar-refractivity contribution >= 4 is 17.4 Å². The second-order valence-electron chi connectivity index (χ2n) is 9.99. The predicted octanol–water partition coefficient (Wildman–Crippen LogP) is 3.70. The van der Waals surface area contributed by atoms with Crippen LogP contribution < -0.4 is 14.8 Å². The molecule has 33 heavy (non-hydrogen) atoms. The lowest BCUT2D eigenvalue weighted by atomic mass is 9.82. The summed E-state index contributed by atoms with van der Waals surface area (Å²) in [5.41, 5.74) is -0.476. The second kappa shape index (κ2) is 9.45. The van der Waals surface area contributed by atoms with Crippen molar-refractivity contribution in [1.29, 1.82) is 5.41 Å². The monoisotopic (exact) mass is 457 g/mol. The lowest BCUT2D eigenvalue weighted by Crippen LogP contribution is -2.52. The Morgan fingerprint density at radius 2 is 1.91 bits per heavy atom. The van der Waals surface area contributed by atoms with Crippen LogP contribution in [0.1, 0.15) is 64.2 Å². The van der Waals surface area contributed by atoms with Crippen LogP contribution in [-0.4, -0.2) is 59.7 Å². The lowest BCUT2D eigenvalue weighted by molar-refractivity contribution is -0.124. The first kappa shape index (κ1) is 24.6. The summed E-state index contributed by atoms with van der Waals surface area (Å²) in [5.74, 6) is 1.06. The van der Waals surface area contributed by atoms with E-state index in [0.29, 0.717) is 43.0 Å². The van der Waals surface area contributed by atoms with Crippen molar-refractivity contribution in [3.63, 3.8) is 0 Å². The molecule has 2 saturated heterocycles. The number of ether oxygens (including phenoxy) is 3. The number of piperidine rings is 1. The van der Waals surface area contributed by atoms with Gasteiger partial charge in [0.05, 0.1) is 19.6 Å². The molecule has 2 aliphatic heterocycles. The van der Waals surface area contributed by atoms with Gasteiger partial charge in [-0.15, -0.1) is 0 Å². The molecule has 0 aromatic heterocycles. The van der Waals surface area contributed by atoms with Crippen LogP contribution in [0.15, 0.2) is 30.2 Å². The van der Waals surface area contributed by atoms with E-state index in [1.165, 1.54) is 0 Å². The van der Waals surface area contributed by atoms with Gasteiger partial charge in [0.2, 0.25) is 0 Å². The van der Waals surface area contributed by atoms with Gasteiger partial charge in [-0.1, -0.05) is 0 Å². The van der Waals surface area contributed by atoms with Gasteiger partial charge in [-0.25, -0.2) is 0 Å². The Kier molecular flexibility index (Phi) is 7.05. The number of carbonyl (C=O) groups is 2. The van der Waals surface area contributed by atoms with Crippen LogP contribution in [0.2, 0.25) is 0 Å². The quantitative estimate of drug-likeness (QED) is 0.699. The molecule has 2 fully saturated rings. The molecule has 1 aromatic rings. The normalized spacial score (nSPS) is 19.6. The molecule has 3 rings (SSSR count). The molecular formula is C25H35N3O5. The van der Waals surface area contributed by atoms with E-state index >= 15 is 0 Å². The maximum absolute atomic E-state index is 13.1. The number of hydrogen-bond donors (Lipinski definition) is 2. The van der Waals surface area contributed by atoms with Crippen molar-refractivity contribution < 1.29 is 23.8 Å². The van der Waals surface area contributed by atoms with Gasteiger partial charge in [-0.05, 0) is 52.8 Å². The number of amides is 1. The summed E-state index contributed by atoms with van der Waals surface area (Å²) < 4.78 is 17.3. The van der Waals surface area contributed by atoms with Gasteiger partial charge in [-0.3, -0.25) is 15.0 Å². The topological polar surface area (TPSA) is 101 Å². The van der Waals surface area contributed by atoms with Crippen LogP contribution in [0.5, 0.6) is 11.5 Å². The third-order valence-corrected chi connectivity index (χ3v) is 5.71. The highest BCUT2D eigenvalue weighted by molar-refractivity contribution is 6.45. The summed E-state index contributed by atoms with van der Waals surface area (Å²) in [6.07, 6.45) is 2.82. The number of allylic oxidation sites excluding steroid dienone is 1. The Morgan fingerprint density at radius 1 is 1.24 bits per heavy atom. The van der Waals surface area contributed by atoms with Crippen LogP contribution in [0.3, 0.4) is 0 Å². The summed E-state index contributed by atoms with van der Waals surface area (Å²) in [4.78, 5) is 27.4. The molecule has 8 nitrogen and oxygen atoms in total. The van der Waals surface area contributed by atoms with Crippen LogP contribution in [-0.2, 0) is 9.53 Å². The summed E-state index contributed by atoms with van der Waals surface area (Å²) in [6, 6.07) is 5.20. The first-order valence-corrected chi connectivity index (χ1v) is 11.4. The van der Waals surface area contributed by atoms with Gasteiger partial charge in [0.15, 0.2) is 23.0 Å². The van der Waals surface area contributed by atoms with Crippen LogP contribution >= 0.6 is 0 Å². The number of likely N-dealkylation sites (tertiary alicyclic amines) is 1. The molecule has 1 amide bonds. The number of methoxy groups -OCH3 is 1. The number of ketones is 1. The van der Waals surface area contributed by atoms with E-state index in [0.717, 1.165) is 0 Å². The standard InChI is InChI=1S/C25H35N3O5/c1-16(2)32-19-8-7-17(13-20(19)31-6)23(30)28-11-9-25(10-12-28)14-18(29)22(26)21(33-25)15-27-24(3,4)5/h7-8,13,15-16,26-27H,9-12,14H2,1-6H3/b21-15+,26-22?. The lowest BCUT2D eigenvalue weighted by Gasteiger charge is -2.44. The molecule has 0 unspecified atom stereocenters. The first-order valence-electron chi connectivity index (χ1n) is 11.4. The Bertz CT molecular complexity index is 953. The molecule has 8 heteroatoms. The maximum Gasteiger partial charge on any atom is 0.253 e. The molecule has 2 heterocycles. The van der Waals surface area contributed by atoms with Crippen molar-refractivity contribution in [3.8, 4) is 11.5 Å².